The Bertz CT molecular complexity index is 895. The van der Waals surface area contributed by atoms with Gasteiger partial charge in [0.15, 0.2) is 0 Å². The number of H-pyrrole nitrogens is 1. The molecule has 0 unspecified atom stereocenters. The van der Waals surface area contributed by atoms with Crippen molar-refractivity contribution in [1.29, 1.82) is 0 Å². The van der Waals surface area contributed by atoms with E-state index in [-0.39, 0.29) is 17.4 Å². The van der Waals surface area contributed by atoms with Crippen LogP contribution in [-0.2, 0) is 4.79 Å². The Kier molecular flexibility index (Phi) is 4.46. The first-order valence-electron chi connectivity index (χ1n) is 9.03. The van der Waals surface area contributed by atoms with Gasteiger partial charge in [0.25, 0.3) is 5.91 Å². The number of nitrogens with one attached hydrogen (secondary N) is 2. The van der Waals surface area contributed by atoms with Crippen molar-refractivity contribution in [1.82, 2.24) is 20.1 Å². The van der Waals surface area contributed by atoms with Crippen molar-refractivity contribution in [2.24, 2.45) is 0 Å². The van der Waals surface area contributed by atoms with E-state index in [4.69, 9.17) is 0 Å². The van der Waals surface area contributed by atoms with E-state index >= 15 is 0 Å². The topological polar surface area (TPSA) is 85.5 Å². The molecule has 1 aromatic carbocycles. The Labute approximate surface area is 151 Å². The first kappa shape index (κ1) is 16.8. The summed E-state index contributed by atoms with van der Waals surface area (Å²) in [6, 6.07) is 9.07. The summed E-state index contributed by atoms with van der Waals surface area (Å²) in [6.07, 6.45) is 2.16. The van der Waals surface area contributed by atoms with Gasteiger partial charge in [-0.2, -0.15) is 0 Å². The van der Waals surface area contributed by atoms with Gasteiger partial charge in [-0.25, -0.2) is 0 Å². The number of aromatic amines is 1. The molecule has 0 spiro atoms. The van der Waals surface area contributed by atoms with Gasteiger partial charge in [0.2, 0.25) is 11.5 Å². The maximum absolute atomic E-state index is 12.9. The van der Waals surface area contributed by atoms with Gasteiger partial charge in [-0.3, -0.25) is 19.3 Å². The molecule has 1 saturated carbocycles. The molecule has 2 N–H and O–H groups in total. The highest BCUT2D eigenvalue weighted by Gasteiger charge is 2.27. The lowest BCUT2D eigenvalue weighted by atomic mass is 10.1. The Morgan fingerprint density at radius 3 is 2.58 bits per heavy atom. The van der Waals surface area contributed by atoms with Crippen molar-refractivity contribution >= 4 is 22.7 Å². The molecule has 7 nitrogen and oxygen atoms in total. The van der Waals surface area contributed by atoms with Crippen LogP contribution in [0, 0.1) is 0 Å². The number of hydrogen-bond acceptors (Lipinski definition) is 4. The molecule has 1 aliphatic carbocycles. The van der Waals surface area contributed by atoms with E-state index in [9.17, 15) is 14.4 Å². The summed E-state index contributed by atoms with van der Waals surface area (Å²) in [5.41, 5.74) is 0.824. The van der Waals surface area contributed by atoms with Crippen molar-refractivity contribution in [3.05, 3.63) is 46.2 Å². The fourth-order valence-corrected chi connectivity index (χ4v) is 3.37. The van der Waals surface area contributed by atoms with Crippen molar-refractivity contribution in [3.8, 4) is 0 Å². The van der Waals surface area contributed by atoms with E-state index in [1.165, 1.54) is 6.07 Å². The van der Waals surface area contributed by atoms with Gasteiger partial charge in [0.1, 0.15) is 0 Å². The molecule has 1 aliphatic heterocycles. The summed E-state index contributed by atoms with van der Waals surface area (Å²) < 4.78 is 0. The van der Waals surface area contributed by atoms with Gasteiger partial charge in [0, 0.05) is 49.2 Å². The number of carbonyl (C=O) groups is 2. The minimum absolute atomic E-state index is 0.0628. The van der Waals surface area contributed by atoms with E-state index in [1.54, 1.807) is 11.0 Å². The summed E-state index contributed by atoms with van der Waals surface area (Å²) in [5, 5.41) is 3.74. The van der Waals surface area contributed by atoms with Crippen LogP contribution in [0.3, 0.4) is 0 Å². The van der Waals surface area contributed by atoms with E-state index in [2.05, 4.69) is 15.2 Å². The number of carbonyl (C=O) groups excluding carboxylic acids is 2. The number of aromatic nitrogens is 1. The van der Waals surface area contributed by atoms with Crippen molar-refractivity contribution < 1.29 is 9.59 Å². The molecule has 1 aromatic heterocycles. The standard InChI is InChI=1S/C19H22N4O3/c24-17-11-15(14-3-1-2-4-16(14)21-17)19(26)23-9-7-22(8-10-23)12-18(25)20-13-5-6-13/h1-4,11,13H,5-10,12H2,(H,20,25)(H,21,24). The predicted molar refractivity (Wildman–Crippen MR) is 98.1 cm³/mol. The molecule has 2 aromatic rings. The summed E-state index contributed by atoms with van der Waals surface area (Å²) in [6.45, 7) is 2.80. The minimum Gasteiger partial charge on any atom is -0.352 e. The molecule has 136 valence electrons. The summed E-state index contributed by atoms with van der Waals surface area (Å²) >= 11 is 0. The third kappa shape index (κ3) is 3.62. The lowest BCUT2D eigenvalue weighted by Crippen LogP contribution is -2.51. The van der Waals surface area contributed by atoms with Crippen LogP contribution >= 0.6 is 0 Å². The van der Waals surface area contributed by atoms with E-state index in [0.29, 0.717) is 49.8 Å². The van der Waals surface area contributed by atoms with Crippen LogP contribution in [0.1, 0.15) is 23.2 Å². The highest BCUT2D eigenvalue weighted by molar-refractivity contribution is 6.06. The Hall–Kier alpha value is -2.67. The number of pyridine rings is 1. The Balaban J connectivity index is 1.42. The molecular weight excluding hydrogens is 332 g/mol. The lowest BCUT2D eigenvalue weighted by molar-refractivity contribution is -0.122. The minimum atomic E-state index is -0.276. The first-order valence-corrected chi connectivity index (χ1v) is 9.03. The molecule has 1 saturated heterocycles. The molecule has 26 heavy (non-hydrogen) atoms. The highest BCUT2D eigenvalue weighted by Crippen LogP contribution is 2.19. The Morgan fingerprint density at radius 1 is 1.12 bits per heavy atom. The molecular formula is C19H22N4O3. The number of fused-ring (bicyclic) bond motifs is 1. The van der Waals surface area contributed by atoms with Gasteiger partial charge >= 0.3 is 0 Å². The normalized spacial score (nSPS) is 18.1. The van der Waals surface area contributed by atoms with Gasteiger partial charge in [-0.1, -0.05) is 18.2 Å². The number of rotatable bonds is 4. The number of amides is 2. The predicted octanol–water partition coefficient (Wildman–Crippen LogP) is 0.565. The average Bonchev–Trinajstić information content (AvgIpc) is 3.45. The van der Waals surface area contributed by atoms with E-state index in [1.807, 2.05) is 18.2 Å². The maximum Gasteiger partial charge on any atom is 0.254 e. The second kappa shape index (κ2) is 6.92. The summed E-state index contributed by atoms with van der Waals surface area (Å²) in [7, 11) is 0. The van der Waals surface area contributed by atoms with Crippen molar-refractivity contribution in [2.45, 2.75) is 18.9 Å². The monoisotopic (exact) mass is 354 g/mol. The van der Waals surface area contributed by atoms with Crippen LogP contribution < -0.4 is 10.9 Å². The first-order chi connectivity index (χ1) is 12.6. The van der Waals surface area contributed by atoms with Crippen molar-refractivity contribution in [2.75, 3.05) is 32.7 Å². The van der Waals surface area contributed by atoms with Gasteiger partial charge in [-0.15, -0.1) is 0 Å². The molecule has 2 fully saturated rings. The molecule has 2 aliphatic rings. The van der Waals surface area contributed by atoms with E-state index in [0.717, 1.165) is 18.2 Å². The largest absolute Gasteiger partial charge is 0.352 e. The zero-order chi connectivity index (χ0) is 18.1. The van der Waals surface area contributed by atoms with Crippen molar-refractivity contribution in [3.63, 3.8) is 0 Å². The molecule has 2 amide bonds. The second-order valence-corrected chi connectivity index (χ2v) is 7.00. The maximum atomic E-state index is 12.9. The SMILES string of the molecule is O=C(CN1CCN(C(=O)c2cc(=O)[nH]c3ccccc23)CC1)NC1CC1. The molecule has 2 heterocycles. The number of nitrogens with zero attached hydrogens (tertiary/aromatic N) is 2. The highest BCUT2D eigenvalue weighted by atomic mass is 16.2. The van der Waals surface area contributed by atoms with E-state index < -0.39 is 0 Å². The van der Waals surface area contributed by atoms with Crippen LogP contribution in [0.25, 0.3) is 10.9 Å². The molecule has 4 rings (SSSR count). The number of piperazine rings is 1. The fraction of sp³-hybridized carbons (Fsp3) is 0.421. The van der Waals surface area contributed by atoms with Gasteiger partial charge in [0.05, 0.1) is 12.1 Å². The van der Waals surface area contributed by atoms with Crippen LogP contribution in [0.5, 0.6) is 0 Å². The number of hydrogen-bond donors (Lipinski definition) is 2. The van der Waals surface area contributed by atoms with Crippen LogP contribution in [0.4, 0.5) is 0 Å². The zero-order valence-corrected chi connectivity index (χ0v) is 14.5. The smallest absolute Gasteiger partial charge is 0.254 e. The van der Waals surface area contributed by atoms with Gasteiger partial charge in [-0.05, 0) is 18.9 Å². The van der Waals surface area contributed by atoms with Crippen LogP contribution in [0.15, 0.2) is 35.1 Å². The lowest BCUT2D eigenvalue weighted by Gasteiger charge is -2.34. The summed E-state index contributed by atoms with van der Waals surface area (Å²) in [5.74, 6) is -0.0674. The third-order valence-electron chi connectivity index (χ3n) is 4.95. The molecule has 7 heteroatoms. The van der Waals surface area contributed by atoms with Crippen LogP contribution in [0.2, 0.25) is 0 Å². The Morgan fingerprint density at radius 2 is 1.85 bits per heavy atom. The average molecular weight is 354 g/mol. The summed E-state index contributed by atoms with van der Waals surface area (Å²) in [4.78, 5) is 43.3. The van der Waals surface area contributed by atoms with Crippen LogP contribution in [-0.4, -0.2) is 65.4 Å². The molecule has 0 bridgehead atoms. The zero-order valence-electron chi connectivity index (χ0n) is 14.5. The fourth-order valence-electron chi connectivity index (χ4n) is 3.37. The second-order valence-electron chi connectivity index (χ2n) is 7.00. The molecule has 0 atom stereocenters. The third-order valence-corrected chi connectivity index (χ3v) is 4.95. The quantitative estimate of drug-likeness (QED) is 0.840. The van der Waals surface area contributed by atoms with Gasteiger partial charge < -0.3 is 15.2 Å². The molecule has 0 radical (unpaired) electrons. The number of benzene rings is 1. The number of para-hydroxylation sites is 1.